The fraction of sp³-hybridized carbons (Fsp3) is 0.533. The van der Waals surface area contributed by atoms with Crippen molar-refractivity contribution in [1.82, 2.24) is 10.3 Å². The zero-order valence-corrected chi connectivity index (χ0v) is 13.2. The summed E-state index contributed by atoms with van der Waals surface area (Å²) < 4.78 is 10.8. The molecule has 126 valence electrons. The molecule has 8 nitrogen and oxygen atoms in total. The minimum Gasteiger partial charge on any atom is -0.548 e. The number of carbonyl (C=O) groups excluding carboxylic acids is 1. The number of rotatable bonds is 8. The molecule has 0 aliphatic carbocycles. The fourth-order valence-electron chi connectivity index (χ4n) is 2.01. The average Bonchev–Trinajstić information content (AvgIpc) is 2.92. The minimum absolute atomic E-state index is 0.00172. The summed E-state index contributed by atoms with van der Waals surface area (Å²) in [6, 6.07) is 1.52. The number of carbonyl (C=O) groups is 1. The van der Waals surface area contributed by atoms with Crippen LogP contribution in [-0.2, 0) is 9.53 Å². The summed E-state index contributed by atoms with van der Waals surface area (Å²) in [4.78, 5) is 19.2. The van der Waals surface area contributed by atoms with Gasteiger partial charge in [0, 0.05) is 18.9 Å². The van der Waals surface area contributed by atoms with Gasteiger partial charge in [-0.2, -0.15) is 0 Å². The molecule has 0 amide bonds. The maximum Gasteiger partial charge on any atom is 0.187 e. The molecule has 1 unspecified atom stereocenters. The van der Waals surface area contributed by atoms with Gasteiger partial charge in [0.2, 0.25) is 0 Å². The molecule has 23 heavy (non-hydrogen) atoms. The van der Waals surface area contributed by atoms with Crippen LogP contribution >= 0.6 is 0 Å². The van der Waals surface area contributed by atoms with Gasteiger partial charge in [0.1, 0.15) is 6.61 Å². The monoisotopic (exact) mass is 322 g/mol. The molecule has 0 spiro atoms. The van der Waals surface area contributed by atoms with Crippen molar-refractivity contribution < 1.29 is 24.5 Å². The van der Waals surface area contributed by atoms with E-state index >= 15 is 0 Å². The molecule has 0 radical (unpaired) electrons. The molecule has 0 fully saturated rings. The van der Waals surface area contributed by atoms with Crippen LogP contribution in [0.3, 0.4) is 0 Å². The highest BCUT2D eigenvalue weighted by atomic mass is 16.5. The number of amidine groups is 1. The van der Waals surface area contributed by atoms with Crippen LogP contribution in [0.1, 0.15) is 26.0 Å². The first-order valence-electron chi connectivity index (χ1n) is 7.41. The van der Waals surface area contributed by atoms with Crippen LogP contribution in [0.25, 0.3) is 0 Å². The van der Waals surface area contributed by atoms with Gasteiger partial charge in [-0.15, -0.1) is 0 Å². The summed E-state index contributed by atoms with van der Waals surface area (Å²) in [5.41, 5.74) is -1.17. The summed E-state index contributed by atoms with van der Waals surface area (Å²) in [6.45, 7) is 4.82. The number of aliphatic imine (C=N–C) groups is 1. The smallest absolute Gasteiger partial charge is 0.187 e. The summed E-state index contributed by atoms with van der Waals surface area (Å²) in [7, 11) is 0. The molecular weight excluding hydrogens is 302 g/mol. The quantitative estimate of drug-likeness (QED) is 0.617. The summed E-state index contributed by atoms with van der Waals surface area (Å²) >= 11 is 0. The van der Waals surface area contributed by atoms with Crippen LogP contribution in [0.15, 0.2) is 17.3 Å². The SMILES string of the molecule is CCCOCCOc1ccnc(C2=NCC(C)(C(=O)[O-])N2)c1O. The number of pyridine rings is 1. The molecule has 1 aliphatic rings. The lowest BCUT2D eigenvalue weighted by atomic mass is 10.1. The minimum atomic E-state index is -1.31. The van der Waals surface area contributed by atoms with E-state index in [9.17, 15) is 15.0 Å². The number of aliphatic carboxylic acids is 1. The molecule has 1 atom stereocenters. The zero-order valence-electron chi connectivity index (χ0n) is 13.2. The number of ether oxygens (including phenoxy) is 2. The Morgan fingerprint density at radius 3 is 2.91 bits per heavy atom. The van der Waals surface area contributed by atoms with Gasteiger partial charge >= 0.3 is 0 Å². The fourth-order valence-corrected chi connectivity index (χ4v) is 2.01. The highest BCUT2D eigenvalue weighted by Gasteiger charge is 2.34. The maximum atomic E-state index is 11.1. The molecule has 0 saturated heterocycles. The van der Waals surface area contributed by atoms with E-state index in [1.54, 1.807) is 0 Å². The van der Waals surface area contributed by atoms with Crippen LogP contribution in [0.4, 0.5) is 0 Å². The van der Waals surface area contributed by atoms with Crippen molar-refractivity contribution in [2.24, 2.45) is 4.99 Å². The van der Waals surface area contributed by atoms with Crippen molar-refractivity contribution in [3.8, 4) is 11.5 Å². The van der Waals surface area contributed by atoms with E-state index in [4.69, 9.17) is 9.47 Å². The second-order valence-corrected chi connectivity index (χ2v) is 5.38. The number of carboxylic acids is 1. The normalized spacial score (nSPS) is 20.0. The highest BCUT2D eigenvalue weighted by Crippen LogP contribution is 2.29. The van der Waals surface area contributed by atoms with Crippen LogP contribution in [-0.4, -0.2) is 53.8 Å². The number of aromatic hydroxyl groups is 1. The molecule has 2 heterocycles. The van der Waals surface area contributed by atoms with E-state index in [1.807, 2.05) is 6.92 Å². The number of carboxylic acid groups (broad SMARTS) is 1. The van der Waals surface area contributed by atoms with E-state index in [1.165, 1.54) is 19.2 Å². The van der Waals surface area contributed by atoms with E-state index in [0.29, 0.717) is 13.2 Å². The van der Waals surface area contributed by atoms with Crippen molar-refractivity contribution in [2.45, 2.75) is 25.8 Å². The summed E-state index contributed by atoms with van der Waals surface area (Å²) in [5, 5.41) is 24.1. The van der Waals surface area contributed by atoms with E-state index in [2.05, 4.69) is 15.3 Å². The van der Waals surface area contributed by atoms with Gasteiger partial charge in [-0.3, -0.25) is 4.99 Å². The van der Waals surface area contributed by atoms with Gasteiger partial charge in [0.25, 0.3) is 0 Å². The molecule has 2 N–H and O–H groups in total. The number of hydrogen-bond donors (Lipinski definition) is 2. The average molecular weight is 322 g/mol. The molecule has 2 rings (SSSR count). The summed E-state index contributed by atoms with van der Waals surface area (Å²) in [6.07, 6.45) is 2.38. The number of nitrogens with zero attached hydrogens (tertiary/aromatic N) is 2. The Morgan fingerprint density at radius 2 is 2.26 bits per heavy atom. The van der Waals surface area contributed by atoms with Gasteiger partial charge in [-0.1, -0.05) is 6.92 Å². The maximum absolute atomic E-state index is 11.1. The van der Waals surface area contributed by atoms with E-state index in [0.717, 1.165) is 6.42 Å². The first-order valence-corrected chi connectivity index (χ1v) is 7.41. The molecule has 0 saturated carbocycles. The van der Waals surface area contributed by atoms with Crippen LogP contribution in [0.5, 0.6) is 11.5 Å². The Labute approximate surface area is 134 Å². The Hall–Kier alpha value is -2.35. The van der Waals surface area contributed by atoms with Gasteiger partial charge < -0.3 is 29.8 Å². The van der Waals surface area contributed by atoms with Gasteiger partial charge in [-0.25, -0.2) is 4.98 Å². The largest absolute Gasteiger partial charge is 0.548 e. The number of hydrogen-bond acceptors (Lipinski definition) is 8. The van der Waals surface area contributed by atoms with Gasteiger partial charge in [0.15, 0.2) is 23.0 Å². The second kappa shape index (κ2) is 7.28. The molecule has 1 aromatic rings. The lowest BCUT2D eigenvalue weighted by molar-refractivity contribution is -0.312. The standard InChI is InChI=1S/C15H21N3O5/c1-3-6-22-7-8-23-10-4-5-16-11(12(10)19)13-17-9-15(2,18-13)14(20)21/h4-5,19H,3,6-9H2,1-2H3,(H,17,18)(H,20,21)/p-1. The van der Waals surface area contributed by atoms with Crippen LogP contribution < -0.4 is 15.2 Å². The Kier molecular flexibility index (Phi) is 5.38. The Morgan fingerprint density at radius 1 is 1.48 bits per heavy atom. The zero-order chi connectivity index (χ0) is 16.9. The van der Waals surface area contributed by atoms with Crippen molar-refractivity contribution >= 4 is 11.8 Å². The van der Waals surface area contributed by atoms with Gasteiger partial charge in [0.05, 0.1) is 24.7 Å². The molecule has 8 heteroatoms. The van der Waals surface area contributed by atoms with Crippen molar-refractivity contribution in [2.75, 3.05) is 26.4 Å². The molecule has 0 bridgehead atoms. The number of aromatic nitrogens is 1. The van der Waals surface area contributed by atoms with Gasteiger partial charge in [-0.05, 0) is 13.3 Å². The molecule has 0 aromatic carbocycles. The van der Waals surface area contributed by atoms with Crippen LogP contribution in [0, 0.1) is 0 Å². The molecule has 1 aromatic heterocycles. The Bertz CT molecular complexity index is 605. The first-order chi connectivity index (χ1) is 11.0. The highest BCUT2D eigenvalue weighted by molar-refractivity contribution is 6.04. The Balaban J connectivity index is 2.04. The lowest BCUT2D eigenvalue weighted by Crippen LogP contribution is -2.56. The third-order valence-electron chi connectivity index (χ3n) is 3.34. The van der Waals surface area contributed by atoms with E-state index < -0.39 is 11.5 Å². The first kappa shape index (κ1) is 17.0. The predicted octanol–water partition coefficient (Wildman–Crippen LogP) is -0.549. The van der Waals surface area contributed by atoms with Crippen LogP contribution in [0.2, 0.25) is 0 Å². The molecular formula is C15H20N3O5-. The summed E-state index contributed by atoms with van der Waals surface area (Å²) in [5.74, 6) is -1.03. The third-order valence-corrected chi connectivity index (χ3v) is 3.34. The third kappa shape index (κ3) is 3.89. The van der Waals surface area contributed by atoms with Crippen molar-refractivity contribution in [3.63, 3.8) is 0 Å². The van der Waals surface area contributed by atoms with E-state index in [-0.39, 0.29) is 36.2 Å². The topological polar surface area (TPSA) is 116 Å². The van der Waals surface area contributed by atoms with Crippen molar-refractivity contribution in [1.29, 1.82) is 0 Å². The lowest BCUT2D eigenvalue weighted by Gasteiger charge is -2.25. The second-order valence-electron chi connectivity index (χ2n) is 5.38. The predicted molar refractivity (Wildman–Crippen MR) is 80.5 cm³/mol. The van der Waals surface area contributed by atoms with Crippen molar-refractivity contribution in [3.05, 3.63) is 18.0 Å². The molecule has 1 aliphatic heterocycles. The number of nitrogens with one attached hydrogen (secondary N) is 1.